The lowest BCUT2D eigenvalue weighted by molar-refractivity contribution is -0.118. The third-order valence-electron chi connectivity index (χ3n) is 5.78. The Bertz CT molecular complexity index is 1010. The molecule has 0 atom stereocenters. The minimum Gasteiger partial charge on any atom is -0.482 e. The molecule has 0 spiro atoms. The van der Waals surface area contributed by atoms with Crippen LogP contribution in [0.2, 0.25) is 0 Å². The lowest BCUT2D eigenvalue weighted by Gasteiger charge is -2.19. The van der Waals surface area contributed by atoms with Crippen molar-refractivity contribution in [3.05, 3.63) is 28.4 Å². The van der Waals surface area contributed by atoms with Gasteiger partial charge in [-0.05, 0) is 43.9 Å². The van der Waals surface area contributed by atoms with Gasteiger partial charge in [0.05, 0.1) is 17.4 Å². The Morgan fingerprint density at radius 2 is 1.97 bits per heavy atom. The molecule has 0 radical (unpaired) electrons. The number of carbonyl (C=O) groups excluding carboxylic acids is 1. The minimum absolute atomic E-state index is 0.0664. The van der Waals surface area contributed by atoms with Crippen LogP contribution in [0.4, 0.5) is 5.69 Å². The fourth-order valence-electron chi connectivity index (χ4n) is 4.24. The molecule has 2 aromatic rings. The van der Waals surface area contributed by atoms with E-state index in [0.717, 1.165) is 54.6 Å². The number of carbonyl (C=O) groups is 1. The molecule has 1 aromatic carbocycles. The molecule has 6 nitrogen and oxygen atoms in total. The van der Waals surface area contributed by atoms with Gasteiger partial charge in [0, 0.05) is 16.7 Å². The molecule has 2 heterocycles. The van der Waals surface area contributed by atoms with E-state index >= 15 is 0 Å². The highest BCUT2D eigenvalue weighted by atomic mass is 32.1. The predicted molar refractivity (Wildman–Crippen MR) is 127 cm³/mol. The number of ether oxygens (including phenoxy) is 1. The topological polar surface area (TPSA) is 68.0 Å². The largest absolute Gasteiger partial charge is 0.482 e. The molecule has 166 valence electrons. The Morgan fingerprint density at radius 3 is 2.71 bits per heavy atom. The van der Waals surface area contributed by atoms with E-state index in [2.05, 4.69) is 24.5 Å². The summed E-state index contributed by atoms with van der Waals surface area (Å²) < 4.78 is 7.56. The highest BCUT2D eigenvalue weighted by Crippen LogP contribution is 2.33. The minimum atomic E-state index is -0.123. The predicted octanol–water partition coefficient (Wildman–Crippen LogP) is 5.59. The van der Waals surface area contributed by atoms with Gasteiger partial charge >= 0.3 is 0 Å². The number of fused-ring (bicyclic) bond motifs is 1. The van der Waals surface area contributed by atoms with Crippen LogP contribution in [-0.4, -0.2) is 28.9 Å². The first-order valence-corrected chi connectivity index (χ1v) is 12.4. The molecule has 0 unspecified atom stereocenters. The van der Waals surface area contributed by atoms with Gasteiger partial charge in [0.15, 0.2) is 6.61 Å². The van der Waals surface area contributed by atoms with Crippen LogP contribution in [0.5, 0.6) is 5.75 Å². The number of aromatic nitrogens is 1. The lowest BCUT2D eigenvalue weighted by Crippen LogP contribution is -2.25. The zero-order valence-electron chi connectivity index (χ0n) is 18.5. The highest BCUT2D eigenvalue weighted by Gasteiger charge is 2.19. The van der Waals surface area contributed by atoms with E-state index in [1.807, 2.05) is 22.9 Å². The van der Waals surface area contributed by atoms with Crippen LogP contribution in [0, 0.1) is 0 Å². The summed E-state index contributed by atoms with van der Waals surface area (Å²) in [6.07, 6.45) is 10.3. The van der Waals surface area contributed by atoms with Gasteiger partial charge in [0.1, 0.15) is 5.75 Å². The molecule has 4 rings (SSSR count). The van der Waals surface area contributed by atoms with Crippen molar-refractivity contribution in [3.8, 4) is 17.0 Å². The van der Waals surface area contributed by atoms with Crippen molar-refractivity contribution in [2.75, 3.05) is 11.9 Å². The van der Waals surface area contributed by atoms with Crippen LogP contribution in [0.3, 0.4) is 0 Å². The van der Waals surface area contributed by atoms with Gasteiger partial charge in [-0.2, -0.15) is 5.10 Å². The molecule has 1 N–H and O–H groups in total. The molecule has 1 aliphatic carbocycles. The molecule has 31 heavy (non-hydrogen) atoms. The zero-order chi connectivity index (χ0) is 21.6. The van der Waals surface area contributed by atoms with E-state index in [4.69, 9.17) is 14.8 Å². The second-order valence-corrected chi connectivity index (χ2v) is 9.19. The Kier molecular flexibility index (Phi) is 7.22. The molecule has 1 fully saturated rings. The number of nitrogens with zero attached hydrogens (tertiary/aromatic N) is 3. The van der Waals surface area contributed by atoms with Crippen molar-refractivity contribution in [2.45, 2.75) is 77.7 Å². The van der Waals surface area contributed by atoms with E-state index in [9.17, 15) is 4.79 Å². The van der Waals surface area contributed by atoms with Gasteiger partial charge in [0.2, 0.25) is 4.80 Å². The highest BCUT2D eigenvalue weighted by molar-refractivity contribution is 7.07. The Hall–Kier alpha value is -2.41. The summed E-state index contributed by atoms with van der Waals surface area (Å²) in [4.78, 5) is 17.9. The van der Waals surface area contributed by atoms with E-state index in [1.54, 1.807) is 11.3 Å². The average molecular weight is 441 g/mol. The summed E-state index contributed by atoms with van der Waals surface area (Å²) >= 11 is 1.65. The Labute approximate surface area is 188 Å². The van der Waals surface area contributed by atoms with Crippen LogP contribution >= 0.6 is 11.3 Å². The summed E-state index contributed by atoms with van der Waals surface area (Å²) in [5.74, 6) is 0.584. The normalized spacial score (nSPS) is 17.1. The molecule has 7 heteroatoms. The maximum absolute atomic E-state index is 11.8. The molecule has 1 amide bonds. The van der Waals surface area contributed by atoms with E-state index in [0.29, 0.717) is 17.5 Å². The SMILES string of the molecule is CCCC(CCC)=Nn1c(-c2ccc3c(c2)NC(=O)CO3)csc1=NC1CCCCC1. The molecule has 1 saturated carbocycles. The fourth-order valence-corrected chi connectivity index (χ4v) is 5.14. The van der Waals surface area contributed by atoms with Crippen LogP contribution in [-0.2, 0) is 4.79 Å². The van der Waals surface area contributed by atoms with Gasteiger partial charge in [-0.3, -0.25) is 9.79 Å². The standard InChI is InChI=1S/C24H32N4O2S/c1-3-8-19(9-4-2)27-28-21(16-31-24(28)25-18-10-6-5-7-11-18)17-12-13-22-20(14-17)26-23(29)15-30-22/h12-14,16,18H,3-11,15H2,1-2H3,(H,26,29). The summed E-state index contributed by atoms with van der Waals surface area (Å²) in [6.45, 7) is 4.46. The van der Waals surface area contributed by atoms with Crippen molar-refractivity contribution in [3.63, 3.8) is 0 Å². The molecular formula is C24H32N4O2S. The van der Waals surface area contributed by atoms with Gasteiger partial charge in [0.25, 0.3) is 5.91 Å². The second-order valence-electron chi connectivity index (χ2n) is 8.35. The van der Waals surface area contributed by atoms with Gasteiger partial charge < -0.3 is 10.1 Å². The van der Waals surface area contributed by atoms with E-state index < -0.39 is 0 Å². The maximum atomic E-state index is 11.8. The van der Waals surface area contributed by atoms with Crippen LogP contribution < -0.4 is 14.9 Å². The first kappa shape index (κ1) is 21.8. The number of hydrogen-bond donors (Lipinski definition) is 1. The summed E-state index contributed by atoms with van der Waals surface area (Å²) in [6, 6.07) is 6.32. The summed E-state index contributed by atoms with van der Waals surface area (Å²) in [7, 11) is 0. The molecule has 1 aliphatic heterocycles. The third-order valence-corrected chi connectivity index (χ3v) is 6.61. The molecule has 2 aliphatic rings. The van der Waals surface area contributed by atoms with Crippen LogP contribution in [0.15, 0.2) is 33.7 Å². The van der Waals surface area contributed by atoms with Gasteiger partial charge in [-0.15, -0.1) is 11.3 Å². The van der Waals surface area contributed by atoms with E-state index in [-0.39, 0.29) is 12.5 Å². The quantitative estimate of drug-likeness (QED) is 0.571. The molecule has 0 saturated heterocycles. The fraction of sp³-hybridized carbons (Fsp3) is 0.542. The molecule has 0 bridgehead atoms. The number of amides is 1. The van der Waals surface area contributed by atoms with Crippen LogP contribution in [0.25, 0.3) is 11.3 Å². The summed E-state index contributed by atoms with van der Waals surface area (Å²) in [5, 5.41) is 10.1. The van der Waals surface area contributed by atoms with Gasteiger partial charge in [-0.1, -0.05) is 46.0 Å². The zero-order valence-corrected chi connectivity index (χ0v) is 19.3. The monoisotopic (exact) mass is 440 g/mol. The van der Waals surface area contributed by atoms with Crippen molar-refractivity contribution >= 4 is 28.6 Å². The maximum Gasteiger partial charge on any atom is 0.262 e. The number of benzene rings is 1. The molecular weight excluding hydrogens is 408 g/mol. The van der Waals surface area contributed by atoms with Crippen molar-refractivity contribution in [1.82, 2.24) is 4.68 Å². The number of hydrogen-bond acceptors (Lipinski definition) is 5. The van der Waals surface area contributed by atoms with E-state index in [1.165, 1.54) is 25.0 Å². The van der Waals surface area contributed by atoms with Crippen molar-refractivity contribution in [2.24, 2.45) is 10.1 Å². The van der Waals surface area contributed by atoms with Crippen LogP contribution in [0.1, 0.15) is 71.6 Å². The number of anilines is 1. The van der Waals surface area contributed by atoms with Crippen molar-refractivity contribution < 1.29 is 9.53 Å². The first-order valence-electron chi connectivity index (χ1n) is 11.6. The van der Waals surface area contributed by atoms with Crippen molar-refractivity contribution in [1.29, 1.82) is 0 Å². The summed E-state index contributed by atoms with van der Waals surface area (Å²) in [5.41, 5.74) is 3.93. The Balaban J connectivity index is 1.79. The lowest BCUT2D eigenvalue weighted by atomic mass is 9.96. The first-order chi connectivity index (χ1) is 15.2. The third kappa shape index (κ3) is 5.26. The smallest absolute Gasteiger partial charge is 0.262 e. The average Bonchev–Trinajstić information content (AvgIpc) is 3.16. The van der Waals surface area contributed by atoms with Gasteiger partial charge in [-0.25, -0.2) is 4.68 Å². The number of nitrogens with one attached hydrogen (secondary N) is 1. The Morgan fingerprint density at radius 1 is 1.19 bits per heavy atom. The molecule has 1 aromatic heterocycles. The number of thiazole rings is 1. The number of rotatable bonds is 7. The second kappa shape index (κ2) is 10.3.